The number of carboxylic acid groups (broad SMARTS) is 1. The molecule has 19 heavy (non-hydrogen) atoms. The molecule has 0 radical (unpaired) electrons. The third kappa shape index (κ3) is 3.67. The molecule has 0 saturated heterocycles. The van der Waals surface area contributed by atoms with Crippen LogP contribution in [-0.2, 0) is 14.8 Å². The minimum absolute atomic E-state index is 0.0699. The van der Waals surface area contributed by atoms with Gasteiger partial charge in [-0.15, -0.1) is 0 Å². The van der Waals surface area contributed by atoms with Crippen LogP contribution in [0.3, 0.4) is 0 Å². The van der Waals surface area contributed by atoms with Crippen LogP contribution in [0.2, 0.25) is 0 Å². The maximum Gasteiger partial charge on any atom is 0.324 e. The summed E-state index contributed by atoms with van der Waals surface area (Å²) in [5.41, 5.74) is -1.46. The fraction of sp³-hybridized carbons (Fsp3) is 0.417. The fourth-order valence-corrected chi connectivity index (χ4v) is 3.53. The van der Waals surface area contributed by atoms with Crippen LogP contribution in [0.15, 0.2) is 29.2 Å². The van der Waals surface area contributed by atoms with Gasteiger partial charge in [0.1, 0.15) is 5.54 Å². The topological polar surface area (TPSA) is 83.5 Å². The van der Waals surface area contributed by atoms with E-state index in [0.717, 1.165) is 3.57 Å². The van der Waals surface area contributed by atoms with Gasteiger partial charge in [-0.25, -0.2) is 8.42 Å². The predicted octanol–water partition coefficient (Wildman–Crippen LogP) is 2.21. The van der Waals surface area contributed by atoms with Crippen LogP contribution < -0.4 is 4.72 Å². The first-order chi connectivity index (χ1) is 8.77. The molecule has 1 aromatic carbocycles. The van der Waals surface area contributed by atoms with Gasteiger partial charge in [0.2, 0.25) is 10.0 Å². The molecular formula is C12H16INO4S. The average Bonchev–Trinajstić information content (AvgIpc) is 2.36. The van der Waals surface area contributed by atoms with Gasteiger partial charge in [-0.2, -0.15) is 4.72 Å². The Bertz CT molecular complexity index is 550. The van der Waals surface area contributed by atoms with Gasteiger partial charge >= 0.3 is 5.97 Å². The molecule has 0 saturated carbocycles. The molecule has 0 aromatic heterocycles. The lowest BCUT2D eigenvalue weighted by Gasteiger charge is -2.27. The molecule has 106 valence electrons. The summed E-state index contributed by atoms with van der Waals surface area (Å²) in [5, 5.41) is 9.25. The maximum absolute atomic E-state index is 12.2. The summed E-state index contributed by atoms with van der Waals surface area (Å²) in [4.78, 5) is 11.4. The molecule has 7 heteroatoms. The Hall–Kier alpha value is -0.670. The number of sulfonamides is 1. The number of rotatable bonds is 6. The van der Waals surface area contributed by atoms with Crippen molar-refractivity contribution in [2.45, 2.75) is 37.1 Å². The molecule has 0 fully saturated rings. The van der Waals surface area contributed by atoms with Crippen LogP contribution in [0.1, 0.15) is 26.7 Å². The van der Waals surface area contributed by atoms with Crippen LogP contribution in [-0.4, -0.2) is 25.0 Å². The van der Waals surface area contributed by atoms with Crippen molar-refractivity contribution in [1.82, 2.24) is 4.72 Å². The van der Waals surface area contributed by atoms with Crippen molar-refractivity contribution in [2.24, 2.45) is 0 Å². The maximum atomic E-state index is 12.2. The lowest BCUT2D eigenvalue weighted by Crippen LogP contribution is -2.53. The number of aliphatic carboxylic acids is 1. The second kappa shape index (κ2) is 6.19. The van der Waals surface area contributed by atoms with E-state index in [1.807, 2.05) is 0 Å². The van der Waals surface area contributed by atoms with E-state index in [9.17, 15) is 18.3 Å². The first kappa shape index (κ1) is 16.4. The number of hydrogen-bond donors (Lipinski definition) is 2. The SMILES string of the molecule is CCC(CC)(NS(=O)(=O)c1ccc(I)cc1)C(=O)O. The molecule has 0 amide bonds. The lowest BCUT2D eigenvalue weighted by molar-refractivity contribution is -0.144. The molecule has 1 rings (SSSR count). The highest BCUT2D eigenvalue weighted by atomic mass is 127. The van der Waals surface area contributed by atoms with Crippen molar-refractivity contribution < 1.29 is 18.3 Å². The van der Waals surface area contributed by atoms with Gasteiger partial charge < -0.3 is 5.11 Å². The van der Waals surface area contributed by atoms with Gasteiger partial charge in [0.05, 0.1) is 4.90 Å². The van der Waals surface area contributed by atoms with Crippen LogP contribution in [0.4, 0.5) is 0 Å². The highest BCUT2D eigenvalue weighted by Gasteiger charge is 2.39. The molecule has 2 N–H and O–H groups in total. The molecule has 0 aliphatic rings. The van der Waals surface area contributed by atoms with Crippen molar-refractivity contribution >= 4 is 38.6 Å². The molecule has 0 bridgehead atoms. The first-order valence-corrected chi connectivity index (χ1v) is 8.36. The Morgan fingerprint density at radius 1 is 1.26 bits per heavy atom. The van der Waals surface area contributed by atoms with Gasteiger partial charge in [-0.1, -0.05) is 13.8 Å². The minimum atomic E-state index is -3.84. The third-order valence-corrected chi connectivity index (χ3v) is 5.34. The second-order valence-electron chi connectivity index (χ2n) is 4.15. The smallest absolute Gasteiger partial charge is 0.324 e. The van der Waals surface area contributed by atoms with E-state index >= 15 is 0 Å². The highest BCUT2D eigenvalue weighted by molar-refractivity contribution is 14.1. The first-order valence-electron chi connectivity index (χ1n) is 5.80. The molecule has 0 heterocycles. The number of hydrogen-bond acceptors (Lipinski definition) is 3. The van der Waals surface area contributed by atoms with Gasteiger partial charge in [-0.05, 0) is 59.7 Å². The normalized spacial score (nSPS) is 12.4. The minimum Gasteiger partial charge on any atom is -0.480 e. The van der Waals surface area contributed by atoms with Crippen molar-refractivity contribution in [3.8, 4) is 0 Å². The Morgan fingerprint density at radius 3 is 2.11 bits per heavy atom. The number of nitrogens with one attached hydrogen (secondary N) is 1. The molecule has 0 aliphatic carbocycles. The number of carboxylic acids is 1. The molecule has 0 unspecified atom stereocenters. The van der Waals surface area contributed by atoms with Crippen LogP contribution >= 0.6 is 22.6 Å². The van der Waals surface area contributed by atoms with Gasteiger partial charge in [0.25, 0.3) is 0 Å². The molecule has 5 nitrogen and oxygen atoms in total. The van der Waals surface area contributed by atoms with E-state index in [-0.39, 0.29) is 17.7 Å². The van der Waals surface area contributed by atoms with E-state index in [0.29, 0.717) is 0 Å². The highest BCUT2D eigenvalue weighted by Crippen LogP contribution is 2.20. The van der Waals surface area contributed by atoms with Crippen molar-refractivity contribution in [3.05, 3.63) is 27.8 Å². The summed E-state index contributed by atoms with van der Waals surface area (Å²) in [7, 11) is -3.84. The summed E-state index contributed by atoms with van der Waals surface area (Å²) in [6.07, 6.45) is 0.366. The zero-order valence-electron chi connectivity index (χ0n) is 10.7. The van der Waals surface area contributed by atoms with Gasteiger partial charge in [0, 0.05) is 3.57 Å². The van der Waals surface area contributed by atoms with Crippen molar-refractivity contribution in [3.63, 3.8) is 0 Å². The molecule has 0 aliphatic heterocycles. The standard InChI is InChI=1S/C12H16INO4S/c1-3-12(4-2,11(15)16)14-19(17,18)10-7-5-9(13)6-8-10/h5-8,14H,3-4H2,1-2H3,(H,15,16). The number of carbonyl (C=O) groups is 1. The van der Waals surface area contributed by atoms with Crippen LogP contribution in [0, 0.1) is 3.57 Å². The monoisotopic (exact) mass is 397 g/mol. The lowest BCUT2D eigenvalue weighted by atomic mass is 9.95. The molecule has 0 spiro atoms. The molecule has 0 atom stereocenters. The Morgan fingerprint density at radius 2 is 1.74 bits per heavy atom. The Kier molecular flexibility index (Phi) is 5.34. The van der Waals surface area contributed by atoms with Crippen LogP contribution in [0.25, 0.3) is 0 Å². The van der Waals surface area contributed by atoms with Gasteiger partial charge in [0.15, 0.2) is 0 Å². The summed E-state index contributed by atoms with van der Waals surface area (Å²) in [6.45, 7) is 3.29. The van der Waals surface area contributed by atoms with E-state index in [2.05, 4.69) is 27.3 Å². The Balaban J connectivity index is 3.14. The van der Waals surface area contributed by atoms with E-state index in [4.69, 9.17) is 0 Å². The number of halogens is 1. The summed E-state index contributed by atoms with van der Waals surface area (Å²) in [6, 6.07) is 6.25. The fourth-order valence-electron chi connectivity index (χ4n) is 1.67. The van der Waals surface area contributed by atoms with E-state index in [1.165, 1.54) is 12.1 Å². The van der Waals surface area contributed by atoms with E-state index < -0.39 is 21.5 Å². The third-order valence-electron chi connectivity index (χ3n) is 3.07. The average molecular weight is 397 g/mol. The zero-order valence-corrected chi connectivity index (χ0v) is 13.7. The summed E-state index contributed by atoms with van der Waals surface area (Å²) >= 11 is 2.07. The zero-order chi connectivity index (χ0) is 14.7. The predicted molar refractivity (Wildman–Crippen MR) is 80.4 cm³/mol. The summed E-state index contributed by atoms with van der Waals surface area (Å²) in [5.74, 6) is -1.16. The largest absolute Gasteiger partial charge is 0.480 e. The summed E-state index contributed by atoms with van der Waals surface area (Å²) < 4.78 is 27.6. The van der Waals surface area contributed by atoms with E-state index in [1.54, 1.807) is 26.0 Å². The molecular weight excluding hydrogens is 381 g/mol. The molecule has 1 aromatic rings. The number of benzene rings is 1. The van der Waals surface area contributed by atoms with Crippen molar-refractivity contribution in [2.75, 3.05) is 0 Å². The van der Waals surface area contributed by atoms with Crippen molar-refractivity contribution in [1.29, 1.82) is 0 Å². The second-order valence-corrected chi connectivity index (χ2v) is 7.08. The Labute approximate surface area is 126 Å². The van der Waals surface area contributed by atoms with Crippen LogP contribution in [0.5, 0.6) is 0 Å². The quantitative estimate of drug-likeness (QED) is 0.722. The van der Waals surface area contributed by atoms with Gasteiger partial charge in [-0.3, -0.25) is 4.79 Å².